The molecule has 1 atom stereocenters. The Labute approximate surface area is 169 Å². The van der Waals surface area contributed by atoms with Crippen LogP contribution in [-0.2, 0) is 14.8 Å². The Morgan fingerprint density at radius 2 is 2.25 bits per heavy atom. The van der Waals surface area contributed by atoms with Crippen molar-refractivity contribution in [3.05, 3.63) is 28.9 Å². The normalized spacial score (nSPS) is 18.2. The Balaban J connectivity index is 1.49. The zero-order valence-electron chi connectivity index (χ0n) is 14.9. The summed E-state index contributed by atoms with van der Waals surface area (Å²) in [6, 6.07) is 1.55. The van der Waals surface area contributed by atoms with Crippen molar-refractivity contribution in [1.82, 2.24) is 19.4 Å². The number of hydrogen-bond acceptors (Lipinski definition) is 9. The van der Waals surface area contributed by atoms with Crippen LogP contribution in [0.1, 0.15) is 18.7 Å². The van der Waals surface area contributed by atoms with Gasteiger partial charge in [0.25, 0.3) is 10.0 Å². The topological polar surface area (TPSA) is 118 Å². The minimum absolute atomic E-state index is 0.147. The predicted molar refractivity (Wildman–Crippen MR) is 105 cm³/mol. The number of carbonyl (C=O) groups excluding carboxylic acids is 1. The Hall–Kier alpha value is -2.15. The van der Waals surface area contributed by atoms with Crippen LogP contribution in [0.3, 0.4) is 0 Å². The van der Waals surface area contributed by atoms with E-state index in [1.165, 1.54) is 15.6 Å². The van der Waals surface area contributed by atoms with Gasteiger partial charge in [-0.25, -0.2) is 13.4 Å². The molecule has 0 spiro atoms. The summed E-state index contributed by atoms with van der Waals surface area (Å²) in [7, 11) is -3.70. The fourth-order valence-electron chi connectivity index (χ4n) is 2.98. The van der Waals surface area contributed by atoms with Crippen LogP contribution >= 0.6 is 22.7 Å². The molecule has 3 aromatic rings. The fourth-order valence-corrected chi connectivity index (χ4v) is 6.35. The van der Waals surface area contributed by atoms with E-state index in [1.54, 1.807) is 29.9 Å². The Morgan fingerprint density at radius 3 is 2.96 bits per heavy atom. The summed E-state index contributed by atoms with van der Waals surface area (Å²) in [6.45, 7) is 2.21. The Kier molecular flexibility index (Phi) is 5.27. The highest BCUT2D eigenvalue weighted by molar-refractivity contribution is 7.91. The number of rotatable bonds is 5. The summed E-state index contributed by atoms with van der Waals surface area (Å²) >= 11 is 2.44. The van der Waals surface area contributed by atoms with Gasteiger partial charge in [0.15, 0.2) is 5.13 Å². The molecule has 0 aliphatic carbocycles. The van der Waals surface area contributed by atoms with E-state index in [-0.39, 0.29) is 16.7 Å². The number of piperidine rings is 1. The summed E-state index contributed by atoms with van der Waals surface area (Å²) in [5.41, 5.74) is 0.593. The van der Waals surface area contributed by atoms with Crippen LogP contribution in [0, 0.1) is 12.8 Å². The largest absolute Gasteiger partial charge is 0.339 e. The second-order valence-electron chi connectivity index (χ2n) is 6.32. The quantitative estimate of drug-likeness (QED) is 0.649. The highest BCUT2D eigenvalue weighted by Crippen LogP contribution is 2.31. The lowest BCUT2D eigenvalue weighted by Gasteiger charge is -2.30. The molecule has 28 heavy (non-hydrogen) atoms. The van der Waals surface area contributed by atoms with Gasteiger partial charge in [0, 0.05) is 42.5 Å². The van der Waals surface area contributed by atoms with Gasteiger partial charge in [0.1, 0.15) is 4.21 Å². The summed E-state index contributed by atoms with van der Waals surface area (Å²) in [6.07, 6.45) is 2.87. The highest BCUT2D eigenvalue weighted by Gasteiger charge is 2.34. The van der Waals surface area contributed by atoms with E-state index < -0.39 is 15.9 Å². The number of aromatic nitrogens is 3. The lowest BCUT2D eigenvalue weighted by Crippen LogP contribution is -2.43. The number of carbonyl (C=O) groups is 1. The third-order valence-electron chi connectivity index (χ3n) is 4.37. The maximum absolute atomic E-state index is 13.1. The van der Waals surface area contributed by atoms with Gasteiger partial charge in [-0.15, -0.1) is 22.7 Å². The molecule has 3 aromatic heterocycles. The van der Waals surface area contributed by atoms with E-state index in [0.717, 1.165) is 11.3 Å². The fraction of sp³-hybridized carbons (Fsp3) is 0.375. The standard InChI is InChI=1S/C16H17N5O4S3/c1-10-18-14(20-25-10)12-7-13(27-9-12)28(23,24)21-5-2-3-11(8-21)15(22)19-16-17-4-6-26-16/h4,6-7,9,11H,2-3,5,8H2,1H3,(H,17,19,22)/t11-/m1/s1. The van der Waals surface area contributed by atoms with Crippen molar-refractivity contribution < 1.29 is 17.7 Å². The molecule has 0 radical (unpaired) electrons. The molecule has 0 saturated carbocycles. The molecule has 1 amide bonds. The monoisotopic (exact) mass is 439 g/mol. The van der Waals surface area contributed by atoms with Crippen molar-refractivity contribution in [1.29, 1.82) is 0 Å². The molecule has 148 valence electrons. The Morgan fingerprint density at radius 1 is 1.39 bits per heavy atom. The van der Waals surface area contributed by atoms with Crippen LogP contribution in [0.4, 0.5) is 5.13 Å². The number of anilines is 1. The molecule has 12 heteroatoms. The van der Waals surface area contributed by atoms with E-state index in [4.69, 9.17) is 4.52 Å². The van der Waals surface area contributed by atoms with Gasteiger partial charge >= 0.3 is 0 Å². The van der Waals surface area contributed by atoms with Crippen LogP contribution in [0.15, 0.2) is 31.8 Å². The third kappa shape index (κ3) is 3.85. The van der Waals surface area contributed by atoms with Crippen molar-refractivity contribution in [3.8, 4) is 11.4 Å². The molecular weight excluding hydrogens is 422 g/mol. The Bertz CT molecular complexity index is 1070. The van der Waals surface area contributed by atoms with Gasteiger partial charge < -0.3 is 9.84 Å². The van der Waals surface area contributed by atoms with Gasteiger partial charge in [-0.2, -0.15) is 9.29 Å². The summed E-state index contributed by atoms with van der Waals surface area (Å²) < 4.78 is 32.6. The first-order chi connectivity index (χ1) is 13.4. The minimum Gasteiger partial charge on any atom is -0.339 e. The summed E-state index contributed by atoms with van der Waals surface area (Å²) in [5.74, 6) is 0.154. The third-order valence-corrected chi connectivity index (χ3v) is 8.34. The number of amides is 1. The number of sulfonamides is 1. The van der Waals surface area contributed by atoms with E-state index in [1.807, 2.05) is 0 Å². The zero-order chi connectivity index (χ0) is 19.7. The molecule has 9 nitrogen and oxygen atoms in total. The number of thiophene rings is 1. The first kappa shape index (κ1) is 19.2. The first-order valence-corrected chi connectivity index (χ1v) is 11.7. The average Bonchev–Trinajstić information content (AvgIpc) is 3.43. The van der Waals surface area contributed by atoms with Crippen LogP contribution in [0.25, 0.3) is 11.4 Å². The maximum atomic E-state index is 13.1. The van der Waals surface area contributed by atoms with E-state index in [2.05, 4.69) is 20.4 Å². The molecule has 1 fully saturated rings. The van der Waals surface area contributed by atoms with Crippen LogP contribution in [-0.4, -0.2) is 46.8 Å². The van der Waals surface area contributed by atoms with E-state index in [9.17, 15) is 13.2 Å². The average molecular weight is 440 g/mol. The number of thiazole rings is 1. The molecule has 0 aromatic carbocycles. The van der Waals surface area contributed by atoms with E-state index in [0.29, 0.717) is 41.8 Å². The second kappa shape index (κ2) is 7.70. The molecule has 4 rings (SSSR count). The number of nitrogens with zero attached hydrogens (tertiary/aromatic N) is 4. The van der Waals surface area contributed by atoms with Crippen molar-refractivity contribution in [2.45, 2.75) is 24.0 Å². The van der Waals surface area contributed by atoms with Gasteiger partial charge in [-0.1, -0.05) is 5.16 Å². The van der Waals surface area contributed by atoms with Crippen LogP contribution < -0.4 is 5.32 Å². The van der Waals surface area contributed by atoms with Gasteiger partial charge in [-0.3, -0.25) is 4.79 Å². The lowest BCUT2D eigenvalue weighted by molar-refractivity contribution is -0.120. The van der Waals surface area contributed by atoms with Gasteiger partial charge in [0.05, 0.1) is 5.92 Å². The second-order valence-corrected chi connectivity index (χ2v) is 10.3. The van der Waals surface area contributed by atoms with Crippen LogP contribution in [0.5, 0.6) is 0 Å². The summed E-state index contributed by atoms with van der Waals surface area (Å²) in [4.78, 5) is 20.6. The first-order valence-electron chi connectivity index (χ1n) is 8.53. The summed E-state index contributed by atoms with van der Waals surface area (Å²) in [5, 5.41) is 10.5. The number of hydrogen-bond donors (Lipinski definition) is 1. The molecule has 1 aliphatic heterocycles. The molecular formula is C16H17N5O4S3. The predicted octanol–water partition coefficient (Wildman–Crippen LogP) is 2.60. The van der Waals surface area contributed by atoms with Crippen molar-refractivity contribution >= 4 is 43.7 Å². The molecule has 1 aliphatic rings. The van der Waals surface area contributed by atoms with E-state index >= 15 is 0 Å². The molecule has 0 bridgehead atoms. The SMILES string of the molecule is Cc1nc(-c2csc(S(=O)(=O)N3CCC[C@@H](C(=O)Nc4nccs4)C3)c2)no1. The highest BCUT2D eigenvalue weighted by atomic mass is 32.2. The van der Waals surface area contributed by atoms with Gasteiger partial charge in [0.2, 0.25) is 17.6 Å². The number of nitrogens with one attached hydrogen (secondary N) is 1. The van der Waals surface area contributed by atoms with Gasteiger partial charge in [-0.05, 0) is 18.9 Å². The molecule has 1 saturated heterocycles. The lowest BCUT2D eigenvalue weighted by atomic mass is 9.99. The zero-order valence-corrected chi connectivity index (χ0v) is 17.3. The maximum Gasteiger partial charge on any atom is 0.252 e. The van der Waals surface area contributed by atoms with Crippen molar-refractivity contribution in [3.63, 3.8) is 0 Å². The molecule has 0 unspecified atom stereocenters. The van der Waals surface area contributed by atoms with Crippen LogP contribution in [0.2, 0.25) is 0 Å². The van der Waals surface area contributed by atoms with Crippen molar-refractivity contribution in [2.75, 3.05) is 18.4 Å². The number of aryl methyl sites for hydroxylation is 1. The molecule has 4 heterocycles. The molecule has 1 N–H and O–H groups in total. The minimum atomic E-state index is -3.70. The van der Waals surface area contributed by atoms with Crippen molar-refractivity contribution in [2.24, 2.45) is 5.92 Å². The smallest absolute Gasteiger partial charge is 0.252 e.